The highest BCUT2D eigenvalue weighted by molar-refractivity contribution is 4.99. The molecule has 0 amide bonds. The van der Waals surface area contributed by atoms with Crippen LogP contribution in [0.1, 0.15) is 27.2 Å². The summed E-state index contributed by atoms with van der Waals surface area (Å²) in [5, 5.41) is 8.64. The first-order valence-corrected chi connectivity index (χ1v) is 4.41. The van der Waals surface area contributed by atoms with Crippen molar-refractivity contribution in [2.45, 2.75) is 33.3 Å². The third kappa shape index (κ3) is 4.52. The van der Waals surface area contributed by atoms with Crippen LogP contribution in [0.25, 0.3) is 0 Å². The summed E-state index contributed by atoms with van der Waals surface area (Å²) >= 11 is 0. The molecule has 2 heteroatoms. The van der Waals surface area contributed by atoms with Gasteiger partial charge in [0.25, 0.3) is 0 Å². The van der Waals surface area contributed by atoms with E-state index in [4.69, 9.17) is 9.84 Å². The summed E-state index contributed by atoms with van der Waals surface area (Å²) in [5.74, 6) is 0.525. The van der Waals surface area contributed by atoms with Crippen LogP contribution < -0.4 is 0 Å². The molecule has 0 fully saturated rings. The molecular weight excluding hydrogens is 152 g/mol. The molecule has 0 saturated carbocycles. The Labute approximate surface area is 75.2 Å². The lowest BCUT2D eigenvalue weighted by atomic mass is 10.00. The summed E-state index contributed by atoms with van der Waals surface area (Å²) < 4.78 is 5.31. The maximum atomic E-state index is 8.64. The highest BCUT2D eigenvalue weighted by atomic mass is 16.5. The highest BCUT2D eigenvalue weighted by Crippen LogP contribution is 2.14. The molecule has 0 heterocycles. The van der Waals surface area contributed by atoms with Crippen LogP contribution in [0.4, 0.5) is 0 Å². The number of hydrogen-bond donors (Lipinski definition) is 1. The fourth-order valence-corrected chi connectivity index (χ4v) is 1.15. The molecule has 0 aromatic rings. The smallest absolute Gasteiger partial charge is 0.0631 e. The van der Waals surface area contributed by atoms with E-state index in [9.17, 15) is 0 Å². The van der Waals surface area contributed by atoms with Crippen LogP contribution in [0.5, 0.6) is 0 Å². The number of ether oxygens (including phenoxy) is 1. The van der Waals surface area contributed by atoms with E-state index in [2.05, 4.69) is 13.8 Å². The predicted octanol–water partition coefficient (Wildman–Crippen LogP) is 1.99. The van der Waals surface area contributed by atoms with E-state index in [0.29, 0.717) is 5.92 Å². The Bertz CT molecular complexity index is 139. The Balaban J connectivity index is 3.93. The van der Waals surface area contributed by atoms with Crippen LogP contribution >= 0.6 is 0 Å². The molecule has 0 aliphatic carbocycles. The van der Waals surface area contributed by atoms with Crippen molar-refractivity contribution in [2.75, 3.05) is 13.7 Å². The molecule has 1 unspecified atom stereocenters. The van der Waals surface area contributed by atoms with Gasteiger partial charge in [-0.05, 0) is 19.3 Å². The van der Waals surface area contributed by atoms with E-state index in [1.54, 1.807) is 7.11 Å². The first kappa shape index (κ1) is 11.7. The minimum absolute atomic E-state index is 0.125. The Morgan fingerprint density at radius 3 is 2.42 bits per heavy atom. The molecule has 0 rings (SSSR count). The number of hydrogen-bond acceptors (Lipinski definition) is 2. The van der Waals surface area contributed by atoms with Gasteiger partial charge in [0.1, 0.15) is 0 Å². The summed E-state index contributed by atoms with van der Waals surface area (Å²) in [6.07, 6.45) is 3.01. The van der Waals surface area contributed by atoms with E-state index in [1.165, 1.54) is 5.57 Å². The topological polar surface area (TPSA) is 29.5 Å². The largest absolute Gasteiger partial charge is 0.392 e. The summed E-state index contributed by atoms with van der Waals surface area (Å²) in [7, 11) is 1.73. The summed E-state index contributed by atoms with van der Waals surface area (Å²) in [6.45, 7) is 6.42. The van der Waals surface area contributed by atoms with E-state index in [-0.39, 0.29) is 12.7 Å². The quantitative estimate of drug-likeness (QED) is 0.643. The molecule has 1 N–H and O–H groups in total. The molecule has 72 valence electrons. The van der Waals surface area contributed by atoms with Crippen molar-refractivity contribution in [2.24, 2.45) is 5.92 Å². The molecular formula is C10H20O2. The van der Waals surface area contributed by atoms with Gasteiger partial charge in [-0.15, -0.1) is 0 Å². The highest BCUT2D eigenvalue weighted by Gasteiger charge is 2.11. The molecule has 0 aromatic heterocycles. The Hall–Kier alpha value is -0.340. The molecule has 0 aromatic carbocycles. The zero-order valence-electron chi connectivity index (χ0n) is 8.50. The molecule has 0 saturated heterocycles. The lowest BCUT2D eigenvalue weighted by Crippen LogP contribution is -2.18. The van der Waals surface area contributed by atoms with Crippen LogP contribution in [0.15, 0.2) is 11.6 Å². The lowest BCUT2D eigenvalue weighted by Gasteiger charge is -2.19. The second-order valence-electron chi connectivity index (χ2n) is 3.46. The van der Waals surface area contributed by atoms with Gasteiger partial charge in [-0.1, -0.05) is 25.5 Å². The van der Waals surface area contributed by atoms with Gasteiger partial charge in [0.05, 0.1) is 12.7 Å². The standard InChI is InChI=1S/C10H20O2/c1-8(2)10(12-4)7-9(3)5-6-11/h5,8,10-11H,6-7H2,1-4H3/b9-5+. The maximum absolute atomic E-state index is 8.64. The minimum Gasteiger partial charge on any atom is -0.392 e. The van der Waals surface area contributed by atoms with Crippen molar-refractivity contribution in [1.29, 1.82) is 0 Å². The summed E-state index contributed by atoms with van der Waals surface area (Å²) in [4.78, 5) is 0. The van der Waals surface area contributed by atoms with Crippen LogP contribution in [0.3, 0.4) is 0 Å². The number of aliphatic hydroxyl groups excluding tert-OH is 1. The Morgan fingerprint density at radius 1 is 1.50 bits per heavy atom. The predicted molar refractivity (Wildman–Crippen MR) is 51.1 cm³/mol. The van der Waals surface area contributed by atoms with Crippen molar-refractivity contribution in [3.05, 3.63) is 11.6 Å². The SMILES string of the molecule is COC(C/C(C)=C/CO)C(C)C. The zero-order valence-corrected chi connectivity index (χ0v) is 8.50. The number of aliphatic hydroxyl groups is 1. The molecule has 2 nitrogen and oxygen atoms in total. The molecule has 0 radical (unpaired) electrons. The van der Waals surface area contributed by atoms with Gasteiger partial charge < -0.3 is 9.84 Å². The minimum atomic E-state index is 0.125. The van der Waals surface area contributed by atoms with Gasteiger partial charge >= 0.3 is 0 Å². The summed E-state index contributed by atoms with van der Waals surface area (Å²) in [5.41, 5.74) is 1.19. The molecule has 1 atom stereocenters. The molecule has 0 aliphatic heterocycles. The van der Waals surface area contributed by atoms with Crippen molar-refractivity contribution in [3.8, 4) is 0 Å². The molecule has 0 spiro atoms. The van der Waals surface area contributed by atoms with Gasteiger partial charge in [0.15, 0.2) is 0 Å². The first-order valence-electron chi connectivity index (χ1n) is 4.41. The Kier molecular flexibility index (Phi) is 6.03. The van der Waals surface area contributed by atoms with Gasteiger partial charge in [-0.2, -0.15) is 0 Å². The van der Waals surface area contributed by atoms with Gasteiger partial charge in [0.2, 0.25) is 0 Å². The van der Waals surface area contributed by atoms with Gasteiger partial charge in [0, 0.05) is 7.11 Å². The van der Waals surface area contributed by atoms with Crippen molar-refractivity contribution in [3.63, 3.8) is 0 Å². The van der Waals surface area contributed by atoms with Gasteiger partial charge in [-0.3, -0.25) is 0 Å². The van der Waals surface area contributed by atoms with Crippen LogP contribution in [-0.4, -0.2) is 24.9 Å². The van der Waals surface area contributed by atoms with Crippen molar-refractivity contribution < 1.29 is 9.84 Å². The lowest BCUT2D eigenvalue weighted by molar-refractivity contribution is 0.0653. The van der Waals surface area contributed by atoms with Crippen molar-refractivity contribution in [1.82, 2.24) is 0 Å². The van der Waals surface area contributed by atoms with E-state index in [0.717, 1.165) is 6.42 Å². The average molecular weight is 172 g/mol. The normalized spacial score (nSPS) is 15.3. The van der Waals surface area contributed by atoms with Crippen molar-refractivity contribution >= 4 is 0 Å². The molecule has 12 heavy (non-hydrogen) atoms. The van der Waals surface area contributed by atoms with E-state index in [1.807, 2.05) is 13.0 Å². The number of rotatable bonds is 5. The third-order valence-electron chi connectivity index (χ3n) is 2.01. The first-order chi connectivity index (χ1) is 5.61. The second kappa shape index (κ2) is 6.21. The fourth-order valence-electron chi connectivity index (χ4n) is 1.15. The van der Waals surface area contributed by atoms with Crippen LogP contribution in [-0.2, 0) is 4.74 Å². The zero-order chi connectivity index (χ0) is 9.56. The Morgan fingerprint density at radius 2 is 2.08 bits per heavy atom. The second-order valence-corrected chi connectivity index (χ2v) is 3.46. The van der Waals surface area contributed by atoms with E-state index < -0.39 is 0 Å². The van der Waals surface area contributed by atoms with E-state index >= 15 is 0 Å². The number of methoxy groups -OCH3 is 1. The molecule has 0 aliphatic rings. The van der Waals surface area contributed by atoms with Crippen LogP contribution in [0.2, 0.25) is 0 Å². The summed E-state index contributed by atoms with van der Waals surface area (Å²) in [6, 6.07) is 0. The average Bonchev–Trinajstić information content (AvgIpc) is 2.00. The maximum Gasteiger partial charge on any atom is 0.0631 e. The fraction of sp³-hybridized carbons (Fsp3) is 0.800. The van der Waals surface area contributed by atoms with Gasteiger partial charge in [-0.25, -0.2) is 0 Å². The monoisotopic (exact) mass is 172 g/mol. The third-order valence-corrected chi connectivity index (χ3v) is 2.01. The van der Waals surface area contributed by atoms with Crippen LogP contribution in [0, 0.1) is 5.92 Å². The molecule has 0 bridgehead atoms.